The summed E-state index contributed by atoms with van der Waals surface area (Å²) in [4.78, 5) is 38.0. The molecule has 0 amide bonds. The Hall–Kier alpha value is -4.07. The maximum Gasteiger partial charge on any atom is 0.437 e. The molecule has 8 nitrogen and oxygen atoms in total. The van der Waals surface area contributed by atoms with E-state index in [0.29, 0.717) is 5.69 Å². The number of benzene rings is 2. The predicted molar refractivity (Wildman–Crippen MR) is 89.7 cm³/mol. The highest BCUT2D eigenvalue weighted by molar-refractivity contribution is 6.28. The fourth-order valence-electron chi connectivity index (χ4n) is 3.19. The van der Waals surface area contributed by atoms with Crippen LogP contribution in [-0.2, 0) is 0 Å². The van der Waals surface area contributed by atoms with Crippen molar-refractivity contribution in [3.63, 3.8) is 0 Å². The maximum absolute atomic E-state index is 13.0. The molecule has 1 aliphatic carbocycles. The molecule has 0 bridgehead atoms. The fraction of sp³-hybridized carbons (Fsp3) is 0. The first-order chi connectivity index (χ1) is 13.2. The number of fused-ring (bicyclic) bond motifs is 2. The average molecular weight is 360 g/mol. The molecule has 0 unspecified atom stereocenters. The van der Waals surface area contributed by atoms with Gasteiger partial charge in [-0.25, -0.2) is 4.79 Å². The van der Waals surface area contributed by atoms with Crippen molar-refractivity contribution in [2.75, 3.05) is 0 Å². The fourth-order valence-corrected chi connectivity index (χ4v) is 3.19. The van der Waals surface area contributed by atoms with Crippen LogP contribution in [0, 0.1) is 0 Å². The van der Waals surface area contributed by atoms with Gasteiger partial charge in [0.05, 0.1) is 0 Å². The molecule has 0 aliphatic heterocycles. The number of carbonyl (C=O) groups is 2. The van der Waals surface area contributed by atoms with E-state index in [1.165, 1.54) is 4.68 Å². The minimum Gasteiger partial charge on any atom is -0.351 e. The standard InChI is InChI=1S/C19H9N3O5/c23-16-11-8-4-5-9-12(11)17(24)18-13(16)14(20-26-18)15-19(25)27-21-22(15)10-6-2-1-3-7-10/h1-9H/p+1. The first-order valence-electron chi connectivity index (χ1n) is 8.04. The lowest BCUT2D eigenvalue weighted by atomic mass is 9.87. The summed E-state index contributed by atoms with van der Waals surface area (Å²) < 4.78 is 11.4. The molecule has 2 aromatic heterocycles. The van der Waals surface area contributed by atoms with Crippen LogP contribution >= 0.6 is 0 Å². The summed E-state index contributed by atoms with van der Waals surface area (Å²) in [6, 6.07) is 15.3. The Morgan fingerprint density at radius 1 is 0.852 bits per heavy atom. The van der Waals surface area contributed by atoms with Gasteiger partial charge in [-0.15, -0.1) is 0 Å². The molecule has 8 heteroatoms. The van der Waals surface area contributed by atoms with Gasteiger partial charge in [-0.3, -0.25) is 14.1 Å². The molecule has 1 aliphatic rings. The van der Waals surface area contributed by atoms with Crippen molar-refractivity contribution < 1.29 is 23.3 Å². The lowest BCUT2D eigenvalue weighted by Gasteiger charge is -2.11. The molecule has 0 atom stereocenters. The summed E-state index contributed by atoms with van der Waals surface area (Å²) >= 11 is 0. The number of aromatic amines is 1. The van der Waals surface area contributed by atoms with Crippen molar-refractivity contribution in [2.24, 2.45) is 0 Å². The molecule has 27 heavy (non-hydrogen) atoms. The highest BCUT2D eigenvalue weighted by atomic mass is 16.5. The van der Waals surface area contributed by atoms with Gasteiger partial charge in [0.2, 0.25) is 22.9 Å². The van der Waals surface area contributed by atoms with E-state index < -0.39 is 17.2 Å². The third-order valence-electron chi connectivity index (χ3n) is 4.43. The molecule has 1 N–H and O–H groups in total. The quantitative estimate of drug-likeness (QED) is 0.480. The number of aromatic nitrogens is 3. The Morgan fingerprint density at radius 3 is 2.26 bits per heavy atom. The number of hydrogen-bond donors (Lipinski definition) is 1. The summed E-state index contributed by atoms with van der Waals surface area (Å²) in [5, 5.41) is 6.34. The van der Waals surface area contributed by atoms with Gasteiger partial charge >= 0.3 is 11.3 Å². The van der Waals surface area contributed by atoms with Gasteiger partial charge in [0.25, 0.3) is 0 Å². The number of hydrogen-bond acceptors (Lipinski definition) is 6. The van der Waals surface area contributed by atoms with E-state index in [-0.39, 0.29) is 33.8 Å². The van der Waals surface area contributed by atoms with Gasteiger partial charge in [-0.1, -0.05) is 47.6 Å². The Labute approximate surface area is 150 Å². The van der Waals surface area contributed by atoms with Gasteiger partial charge in [0.1, 0.15) is 5.56 Å². The Morgan fingerprint density at radius 2 is 1.52 bits per heavy atom. The van der Waals surface area contributed by atoms with Crippen LogP contribution in [0.3, 0.4) is 0 Å². The molecule has 4 aromatic rings. The monoisotopic (exact) mass is 360 g/mol. The van der Waals surface area contributed by atoms with Gasteiger partial charge in [0, 0.05) is 23.3 Å². The number of nitrogens with zero attached hydrogens (tertiary/aromatic N) is 2. The molecule has 5 rings (SSSR count). The SMILES string of the molecule is O=C1c2ccccc2C(=O)c2c(-c3c(=O)o[nH][n+]3-c3ccccc3)noc21. The van der Waals surface area contributed by atoms with Crippen molar-refractivity contribution in [3.8, 4) is 17.1 Å². The molecule has 0 saturated heterocycles. The number of rotatable bonds is 2. The Balaban J connectivity index is 1.77. The Bertz CT molecular complexity index is 1280. The largest absolute Gasteiger partial charge is 0.437 e. The third kappa shape index (κ3) is 2.07. The predicted octanol–water partition coefficient (Wildman–Crippen LogP) is 1.67. The summed E-state index contributed by atoms with van der Waals surface area (Å²) in [7, 11) is 0. The van der Waals surface area contributed by atoms with Crippen LogP contribution in [0.4, 0.5) is 0 Å². The van der Waals surface area contributed by atoms with E-state index in [4.69, 9.17) is 9.05 Å². The number of nitrogens with one attached hydrogen (secondary N) is 1. The van der Waals surface area contributed by atoms with Crippen molar-refractivity contribution in [2.45, 2.75) is 0 Å². The lowest BCUT2D eigenvalue weighted by Crippen LogP contribution is -2.36. The summed E-state index contributed by atoms with van der Waals surface area (Å²) in [6.45, 7) is 0. The maximum atomic E-state index is 13.0. The highest BCUT2D eigenvalue weighted by Gasteiger charge is 2.41. The van der Waals surface area contributed by atoms with Crippen molar-refractivity contribution in [1.29, 1.82) is 0 Å². The van der Waals surface area contributed by atoms with E-state index >= 15 is 0 Å². The minimum absolute atomic E-state index is 0.0354. The molecule has 130 valence electrons. The smallest absolute Gasteiger partial charge is 0.351 e. The number of carbonyl (C=O) groups excluding carboxylic acids is 2. The molecular weight excluding hydrogens is 350 g/mol. The normalized spacial score (nSPS) is 12.7. The molecular formula is C19H10N3O5+. The second kappa shape index (κ2) is 5.46. The van der Waals surface area contributed by atoms with E-state index in [9.17, 15) is 14.4 Å². The van der Waals surface area contributed by atoms with Crippen LogP contribution in [0.1, 0.15) is 32.0 Å². The zero-order chi connectivity index (χ0) is 18.5. The lowest BCUT2D eigenvalue weighted by molar-refractivity contribution is -0.660. The van der Waals surface area contributed by atoms with E-state index in [1.54, 1.807) is 48.5 Å². The van der Waals surface area contributed by atoms with Crippen molar-refractivity contribution in [3.05, 3.63) is 87.5 Å². The van der Waals surface area contributed by atoms with Crippen LogP contribution in [-0.4, -0.2) is 22.0 Å². The topological polar surface area (TPSA) is 110 Å². The van der Waals surface area contributed by atoms with Crippen LogP contribution in [0.2, 0.25) is 0 Å². The van der Waals surface area contributed by atoms with Crippen LogP contribution < -0.4 is 10.3 Å². The molecule has 0 radical (unpaired) electrons. The van der Waals surface area contributed by atoms with E-state index in [0.717, 1.165) is 0 Å². The molecule has 2 aromatic carbocycles. The van der Waals surface area contributed by atoms with Crippen molar-refractivity contribution in [1.82, 2.24) is 10.4 Å². The van der Waals surface area contributed by atoms with Gasteiger partial charge < -0.3 is 4.52 Å². The number of ketones is 2. The summed E-state index contributed by atoms with van der Waals surface area (Å²) in [6.07, 6.45) is 0. The van der Waals surface area contributed by atoms with Crippen LogP contribution in [0.15, 0.2) is 68.4 Å². The first-order valence-corrected chi connectivity index (χ1v) is 8.04. The van der Waals surface area contributed by atoms with Gasteiger partial charge in [-0.2, -0.15) is 0 Å². The van der Waals surface area contributed by atoms with Crippen LogP contribution in [0.25, 0.3) is 17.1 Å². The number of para-hydroxylation sites is 1. The van der Waals surface area contributed by atoms with Gasteiger partial charge in [0.15, 0.2) is 5.78 Å². The van der Waals surface area contributed by atoms with E-state index in [1.807, 2.05) is 6.07 Å². The molecule has 0 fully saturated rings. The zero-order valence-electron chi connectivity index (χ0n) is 13.6. The second-order valence-electron chi connectivity index (χ2n) is 5.94. The molecule has 0 saturated carbocycles. The minimum atomic E-state index is -0.742. The molecule has 0 spiro atoms. The highest BCUT2D eigenvalue weighted by Crippen LogP contribution is 2.32. The zero-order valence-corrected chi connectivity index (χ0v) is 13.6. The third-order valence-corrected chi connectivity index (χ3v) is 4.43. The van der Waals surface area contributed by atoms with Crippen molar-refractivity contribution >= 4 is 11.6 Å². The summed E-state index contributed by atoms with van der Waals surface area (Å²) in [5.41, 5.74) is 0.207. The molecule has 2 heterocycles. The average Bonchev–Trinajstić information content (AvgIpc) is 3.30. The van der Waals surface area contributed by atoms with Crippen LogP contribution in [0.5, 0.6) is 0 Å². The van der Waals surface area contributed by atoms with E-state index in [2.05, 4.69) is 10.4 Å². The Kier molecular flexibility index (Phi) is 3.08. The second-order valence-corrected chi connectivity index (χ2v) is 5.94. The van der Waals surface area contributed by atoms with Gasteiger partial charge in [-0.05, 0) is 9.95 Å². The summed E-state index contributed by atoms with van der Waals surface area (Å²) in [5.74, 6) is -1.07. The number of H-pyrrole nitrogens is 1. The first kappa shape index (κ1) is 15.2.